The molecule has 1 amide bonds. The molecule has 1 atom stereocenters. The molecule has 4 aromatic rings. The first-order valence-corrected chi connectivity index (χ1v) is 13.1. The summed E-state index contributed by atoms with van der Waals surface area (Å²) in [5, 5.41) is 10.2. The van der Waals surface area contributed by atoms with Crippen LogP contribution in [0.5, 0.6) is 11.5 Å². The van der Waals surface area contributed by atoms with Crippen LogP contribution < -0.4 is 10.5 Å². The number of hydrogen-bond donors (Lipinski definition) is 1. The Morgan fingerprint density at radius 3 is 2.67 bits per heavy atom. The number of nitrogens with two attached hydrogens (primary N) is 1. The van der Waals surface area contributed by atoms with Crippen LogP contribution >= 0.6 is 0 Å². The number of amides is 1. The maximum Gasteiger partial charge on any atom is 0.264 e. The van der Waals surface area contributed by atoms with Crippen molar-refractivity contribution >= 4 is 22.8 Å². The zero-order valence-electron chi connectivity index (χ0n) is 21.3. The molecular weight excluding hydrogens is 495 g/mol. The molecular formula is C30H27FN6O2. The second-order valence-electron chi connectivity index (χ2n) is 10.0. The van der Waals surface area contributed by atoms with Crippen LogP contribution in [0.1, 0.15) is 31.7 Å². The van der Waals surface area contributed by atoms with E-state index < -0.39 is 5.82 Å². The molecule has 0 spiro atoms. The third kappa shape index (κ3) is 5.06. The van der Waals surface area contributed by atoms with Crippen molar-refractivity contribution < 1.29 is 13.9 Å². The van der Waals surface area contributed by atoms with Crippen molar-refractivity contribution in [2.75, 3.05) is 18.8 Å². The number of nitriles is 1. The minimum atomic E-state index is -0.527. The van der Waals surface area contributed by atoms with Crippen LogP contribution in [0.3, 0.4) is 0 Å². The van der Waals surface area contributed by atoms with Gasteiger partial charge in [0.15, 0.2) is 5.82 Å². The number of piperidine rings is 1. The zero-order chi connectivity index (χ0) is 26.9. The lowest BCUT2D eigenvalue weighted by Gasteiger charge is -2.33. The van der Waals surface area contributed by atoms with Crippen LogP contribution in [0, 0.1) is 23.1 Å². The van der Waals surface area contributed by atoms with Crippen molar-refractivity contribution in [3.05, 3.63) is 78.3 Å². The molecule has 6 rings (SSSR count). The van der Waals surface area contributed by atoms with Gasteiger partial charge in [-0.3, -0.25) is 4.79 Å². The molecule has 1 aliphatic heterocycles. The summed E-state index contributed by atoms with van der Waals surface area (Å²) in [5.41, 5.74) is 7.29. The predicted octanol–water partition coefficient (Wildman–Crippen LogP) is 5.64. The van der Waals surface area contributed by atoms with Gasteiger partial charge in [0, 0.05) is 25.4 Å². The number of aromatic nitrogens is 3. The van der Waals surface area contributed by atoms with Crippen LogP contribution in [0.15, 0.2) is 72.4 Å². The molecule has 0 radical (unpaired) electrons. The second-order valence-corrected chi connectivity index (χ2v) is 10.0. The van der Waals surface area contributed by atoms with Crippen LogP contribution in [0.4, 0.5) is 10.2 Å². The Bertz CT molecular complexity index is 1620. The fourth-order valence-corrected chi connectivity index (χ4v) is 5.03. The second kappa shape index (κ2) is 10.2. The third-order valence-electron chi connectivity index (χ3n) is 7.21. The van der Waals surface area contributed by atoms with E-state index in [0.717, 1.165) is 25.7 Å². The number of nitrogens with zero attached hydrogens (tertiary/aromatic N) is 5. The van der Waals surface area contributed by atoms with Gasteiger partial charge in [0.25, 0.3) is 5.91 Å². The lowest BCUT2D eigenvalue weighted by atomic mass is 10.0. The lowest BCUT2D eigenvalue weighted by Crippen LogP contribution is -2.41. The van der Waals surface area contributed by atoms with E-state index in [1.54, 1.807) is 29.2 Å². The van der Waals surface area contributed by atoms with Crippen molar-refractivity contribution in [3.63, 3.8) is 0 Å². The van der Waals surface area contributed by atoms with Gasteiger partial charge in [0.05, 0.1) is 17.0 Å². The Morgan fingerprint density at radius 2 is 1.92 bits per heavy atom. The number of benzene rings is 2. The van der Waals surface area contributed by atoms with Crippen molar-refractivity contribution in [3.8, 4) is 29.0 Å². The summed E-state index contributed by atoms with van der Waals surface area (Å²) < 4.78 is 22.9. The van der Waals surface area contributed by atoms with Gasteiger partial charge >= 0.3 is 0 Å². The summed E-state index contributed by atoms with van der Waals surface area (Å²) >= 11 is 0. The van der Waals surface area contributed by atoms with E-state index in [2.05, 4.69) is 11.1 Å². The highest BCUT2D eigenvalue weighted by atomic mass is 19.1. The first-order valence-electron chi connectivity index (χ1n) is 13.1. The molecule has 39 heavy (non-hydrogen) atoms. The third-order valence-corrected chi connectivity index (χ3v) is 7.21. The summed E-state index contributed by atoms with van der Waals surface area (Å²) in [5.74, 6) is 0.984. The Kier molecular flexibility index (Phi) is 6.45. The van der Waals surface area contributed by atoms with E-state index in [-0.39, 0.29) is 34.7 Å². The molecule has 0 bridgehead atoms. The molecule has 3 heterocycles. The van der Waals surface area contributed by atoms with E-state index in [9.17, 15) is 10.1 Å². The van der Waals surface area contributed by atoms with Crippen LogP contribution in [0.2, 0.25) is 0 Å². The van der Waals surface area contributed by atoms with Gasteiger partial charge in [-0.05, 0) is 61.9 Å². The van der Waals surface area contributed by atoms with Crippen LogP contribution in [-0.4, -0.2) is 38.4 Å². The Labute approximate surface area is 225 Å². The maximum atomic E-state index is 15.2. The molecule has 8 nitrogen and oxygen atoms in total. The first-order chi connectivity index (χ1) is 19.0. The van der Waals surface area contributed by atoms with Gasteiger partial charge in [-0.25, -0.2) is 14.4 Å². The Balaban J connectivity index is 1.28. The molecule has 9 heteroatoms. The Morgan fingerprint density at radius 1 is 1.10 bits per heavy atom. The average Bonchev–Trinajstić information content (AvgIpc) is 3.67. The number of hydrogen-bond acceptors (Lipinski definition) is 6. The van der Waals surface area contributed by atoms with Crippen molar-refractivity contribution in [2.45, 2.75) is 31.7 Å². The number of allylic oxidation sites excluding steroid dienone is 1. The molecule has 2 fully saturated rings. The summed E-state index contributed by atoms with van der Waals surface area (Å²) in [6.45, 7) is 1.05. The smallest absolute Gasteiger partial charge is 0.264 e. The van der Waals surface area contributed by atoms with Gasteiger partial charge in [-0.2, -0.15) is 5.26 Å². The minimum Gasteiger partial charge on any atom is -0.457 e. The quantitative estimate of drug-likeness (QED) is 0.259. The van der Waals surface area contributed by atoms with E-state index >= 15 is 4.39 Å². The Hall–Kier alpha value is -4.71. The maximum absolute atomic E-state index is 15.2. The van der Waals surface area contributed by atoms with Crippen molar-refractivity contribution in [1.29, 1.82) is 5.26 Å². The molecule has 2 N–H and O–H groups in total. The van der Waals surface area contributed by atoms with E-state index in [1.807, 2.05) is 41.1 Å². The van der Waals surface area contributed by atoms with Gasteiger partial charge in [-0.15, -0.1) is 0 Å². The summed E-state index contributed by atoms with van der Waals surface area (Å²) in [6.07, 6.45) is 7.38. The van der Waals surface area contributed by atoms with Crippen LogP contribution in [-0.2, 0) is 4.79 Å². The normalized spacial score (nSPS) is 17.7. The summed E-state index contributed by atoms with van der Waals surface area (Å²) in [6, 6.07) is 17.6. The molecule has 1 saturated heterocycles. The number of anilines is 1. The van der Waals surface area contributed by atoms with Gasteiger partial charge in [0.2, 0.25) is 0 Å². The molecule has 1 aliphatic carbocycles. The molecule has 2 aliphatic rings. The number of para-hydroxylation sites is 1. The SMILES string of the molecule is N#CC(=CC1CC1)C(=O)N1CCC[C@H](n2ccc3c(N)nc(-c4ccc(Oc5ccccc5)cc4F)nc32)C1. The van der Waals surface area contributed by atoms with Crippen molar-refractivity contribution in [2.24, 2.45) is 5.92 Å². The topological polar surface area (TPSA) is 110 Å². The molecule has 2 aromatic carbocycles. The standard InChI is InChI=1S/C30H27FN6O2/c31-26-16-23(39-22-6-2-1-3-7-22)10-11-24(26)28-34-27(33)25-12-14-37(29(25)35-28)21-5-4-13-36(18-21)30(38)20(17-32)15-19-8-9-19/h1-3,6-7,10-12,14-16,19,21H,4-5,8-9,13,18H2,(H2,33,34,35)/t21-/m0/s1. The number of rotatable bonds is 6. The van der Waals surface area contributed by atoms with E-state index in [1.165, 1.54) is 6.07 Å². The number of halogens is 1. The lowest BCUT2D eigenvalue weighted by molar-refractivity contribution is -0.128. The molecule has 196 valence electrons. The van der Waals surface area contributed by atoms with Crippen LogP contribution in [0.25, 0.3) is 22.4 Å². The summed E-state index contributed by atoms with van der Waals surface area (Å²) in [7, 11) is 0. The minimum absolute atomic E-state index is 0.0605. The highest BCUT2D eigenvalue weighted by molar-refractivity contribution is 5.97. The van der Waals surface area contributed by atoms with Gasteiger partial charge < -0.3 is 19.9 Å². The number of fused-ring (bicyclic) bond motifs is 1. The van der Waals surface area contributed by atoms with Gasteiger partial charge in [0.1, 0.15) is 40.4 Å². The van der Waals surface area contributed by atoms with Gasteiger partial charge in [-0.1, -0.05) is 24.3 Å². The number of carbonyl (C=O) groups excluding carboxylic acids is 1. The van der Waals surface area contributed by atoms with E-state index in [4.69, 9.17) is 15.5 Å². The highest BCUT2D eigenvalue weighted by Gasteiger charge is 2.30. The monoisotopic (exact) mass is 522 g/mol. The van der Waals surface area contributed by atoms with Crippen molar-refractivity contribution in [1.82, 2.24) is 19.4 Å². The average molecular weight is 523 g/mol. The number of nitrogen functional groups attached to an aromatic ring is 1. The number of carbonyl (C=O) groups is 1. The zero-order valence-corrected chi connectivity index (χ0v) is 21.3. The fraction of sp³-hybridized carbons (Fsp3) is 0.267. The highest BCUT2D eigenvalue weighted by Crippen LogP contribution is 2.34. The summed E-state index contributed by atoms with van der Waals surface area (Å²) in [4.78, 5) is 23.9. The molecule has 0 unspecified atom stereocenters. The van der Waals surface area contributed by atoms with E-state index in [0.29, 0.717) is 41.5 Å². The number of ether oxygens (including phenoxy) is 1. The first kappa shape index (κ1) is 24.6. The predicted molar refractivity (Wildman–Crippen MR) is 145 cm³/mol. The molecule has 2 aromatic heterocycles. The fourth-order valence-electron chi connectivity index (χ4n) is 5.03. The largest absolute Gasteiger partial charge is 0.457 e. The molecule has 1 saturated carbocycles. The number of likely N-dealkylation sites (tertiary alicyclic amines) is 1.